The molecule has 78 heavy (non-hydrogen) atoms. The van der Waals surface area contributed by atoms with Gasteiger partial charge in [-0.25, -0.2) is 4.57 Å². The van der Waals surface area contributed by atoms with Crippen molar-refractivity contribution in [3.8, 4) is 0 Å². The molecule has 0 radical (unpaired) electrons. The number of unbranched alkanes of at least 4 members (excludes halogenated alkanes) is 30. The molecule has 3 unspecified atom stereocenters. The topological polar surface area (TPSA) is 111 Å². The summed E-state index contributed by atoms with van der Waals surface area (Å²) in [6.45, 7) is 6.95. The zero-order valence-electron chi connectivity index (χ0n) is 51.6. The summed E-state index contributed by atoms with van der Waals surface area (Å²) in [4.78, 5) is 37.8. The van der Waals surface area contributed by atoms with E-state index in [2.05, 4.69) is 99.0 Å². The fourth-order valence-electron chi connectivity index (χ4n) is 9.01. The highest BCUT2D eigenvalue weighted by Gasteiger charge is 2.30. The lowest BCUT2D eigenvalue weighted by Crippen LogP contribution is -2.47. The van der Waals surface area contributed by atoms with Crippen LogP contribution in [0.25, 0.3) is 0 Å². The zero-order chi connectivity index (χ0) is 57.2. The van der Waals surface area contributed by atoms with Crippen molar-refractivity contribution in [1.82, 2.24) is 5.32 Å². The zero-order valence-corrected chi connectivity index (χ0v) is 52.5. The van der Waals surface area contributed by atoms with Gasteiger partial charge in [0.05, 0.1) is 33.8 Å². The Morgan fingerprint density at radius 1 is 0.449 bits per heavy atom. The van der Waals surface area contributed by atoms with Crippen LogP contribution in [-0.4, -0.2) is 74.3 Å². The lowest BCUT2D eigenvalue weighted by molar-refractivity contribution is -0.870. The van der Waals surface area contributed by atoms with Gasteiger partial charge in [0.25, 0.3) is 0 Å². The molecule has 0 saturated heterocycles. The fraction of sp³-hybridized carbons (Fsp3) is 0.765. The molecule has 0 fully saturated rings. The fourth-order valence-corrected chi connectivity index (χ4v) is 9.75. The second-order valence-electron chi connectivity index (χ2n) is 22.9. The lowest BCUT2D eigenvalue weighted by Gasteiger charge is -2.27. The van der Waals surface area contributed by atoms with Crippen LogP contribution in [-0.2, 0) is 27.9 Å². The number of nitrogens with one attached hydrogen (secondary N) is 1. The first-order chi connectivity index (χ1) is 37.9. The number of phosphoric ester groups is 1. The number of hydrogen-bond donors (Lipinski definition) is 2. The molecule has 0 bridgehead atoms. The smallest absolute Gasteiger partial charge is 0.456 e. The standard InChI is InChI=1S/C68H123N2O7P/c1-7-10-13-16-19-22-25-28-30-32-34-35-37-39-41-43-46-49-52-55-58-61-68(72)77-66(59-56-53-50-47-44-27-24-21-18-15-12-9-3)65(64-76-78(73,74)75-63-62-70(4,5)6)69-67(71)60-57-54-51-48-45-42-40-38-36-33-31-29-26-23-20-17-14-11-8-2/h19-20,22-23,28-31,34-36,38,56,59,65-66H,7-18,21,24-27,32-33,37,39-55,57-58,60-64H2,1-6H3,(H-,69,71,73,74)/p+1/b22-19-,23-20-,30-28-,31-29-,35-34-,38-36-,59-56+. The van der Waals surface area contributed by atoms with E-state index < -0.39 is 20.0 Å². The molecular formula is C68H124N2O7P+. The third kappa shape index (κ3) is 57.9. The predicted molar refractivity (Wildman–Crippen MR) is 337 cm³/mol. The number of quaternary nitrogens is 1. The molecule has 1 amide bonds. The van der Waals surface area contributed by atoms with Gasteiger partial charge >= 0.3 is 13.8 Å². The van der Waals surface area contributed by atoms with Gasteiger partial charge < -0.3 is 19.4 Å². The first kappa shape index (κ1) is 75.2. The summed E-state index contributed by atoms with van der Waals surface area (Å²) in [7, 11) is 1.48. The number of allylic oxidation sites excluding steroid dienone is 13. The minimum absolute atomic E-state index is 0.0329. The molecule has 0 aliphatic rings. The van der Waals surface area contributed by atoms with Gasteiger partial charge in [0.1, 0.15) is 19.3 Å². The molecule has 452 valence electrons. The molecule has 0 saturated carbocycles. The van der Waals surface area contributed by atoms with Crippen molar-refractivity contribution in [2.75, 3.05) is 40.9 Å². The van der Waals surface area contributed by atoms with Crippen LogP contribution in [0.3, 0.4) is 0 Å². The largest absolute Gasteiger partial charge is 0.472 e. The minimum Gasteiger partial charge on any atom is -0.456 e. The quantitative estimate of drug-likeness (QED) is 0.0205. The molecule has 9 nitrogen and oxygen atoms in total. The number of phosphoric acid groups is 1. The summed E-state index contributed by atoms with van der Waals surface area (Å²) < 4.78 is 30.7. The minimum atomic E-state index is -4.46. The van der Waals surface area contributed by atoms with E-state index in [-0.39, 0.29) is 31.5 Å². The van der Waals surface area contributed by atoms with Crippen LogP contribution >= 0.6 is 7.82 Å². The Hall–Kier alpha value is -2.81. The van der Waals surface area contributed by atoms with E-state index in [9.17, 15) is 19.0 Å². The molecule has 10 heteroatoms. The van der Waals surface area contributed by atoms with Crippen LogP contribution in [0.4, 0.5) is 0 Å². The van der Waals surface area contributed by atoms with Crippen LogP contribution in [0.5, 0.6) is 0 Å². The van der Waals surface area contributed by atoms with Gasteiger partial charge in [0, 0.05) is 12.8 Å². The Bertz CT molecular complexity index is 1610. The van der Waals surface area contributed by atoms with Crippen molar-refractivity contribution in [2.45, 2.75) is 296 Å². The number of nitrogens with zero attached hydrogens (tertiary/aromatic N) is 1. The maximum absolute atomic E-state index is 13.6. The van der Waals surface area contributed by atoms with Gasteiger partial charge in [-0.05, 0) is 109 Å². The first-order valence-corrected chi connectivity index (χ1v) is 33.9. The van der Waals surface area contributed by atoms with Gasteiger partial charge in [-0.2, -0.15) is 0 Å². The van der Waals surface area contributed by atoms with Gasteiger partial charge in [0.15, 0.2) is 0 Å². The molecule has 0 aromatic heterocycles. The van der Waals surface area contributed by atoms with Gasteiger partial charge in [-0.15, -0.1) is 0 Å². The number of amides is 1. The second kappa shape index (κ2) is 57.4. The van der Waals surface area contributed by atoms with E-state index in [1.54, 1.807) is 0 Å². The summed E-state index contributed by atoms with van der Waals surface area (Å²) in [5.74, 6) is -0.527. The van der Waals surface area contributed by atoms with E-state index in [0.29, 0.717) is 17.4 Å². The number of esters is 1. The normalized spacial score (nSPS) is 14.2. The van der Waals surface area contributed by atoms with E-state index >= 15 is 0 Å². The molecule has 0 rings (SSSR count). The SMILES string of the molecule is CCCCC/C=C\C/C=C\C/C=C\CCCCCCCCCCC(=O)OC(/C=C/CCCCCCCCCCCC)C(COP(=O)(O)OCC[N+](C)(C)C)NC(=O)CCCCCCCC/C=C\C/C=C\C/C=C\CCCCC. The summed E-state index contributed by atoms with van der Waals surface area (Å²) in [5.41, 5.74) is 0. The molecular weight excluding hydrogens is 988 g/mol. The molecule has 2 N–H and O–H groups in total. The van der Waals surface area contributed by atoms with E-state index in [1.165, 1.54) is 141 Å². The highest BCUT2D eigenvalue weighted by Crippen LogP contribution is 2.43. The number of likely N-dealkylation sites (N-methyl/N-ethyl adjacent to an activating group) is 1. The van der Waals surface area contributed by atoms with Crippen molar-refractivity contribution < 1.29 is 37.3 Å². The Kier molecular flexibility index (Phi) is 55.4. The third-order valence-corrected chi connectivity index (χ3v) is 15.0. The summed E-state index contributed by atoms with van der Waals surface area (Å²) in [5, 5.41) is 3.05. The van der Waals surface area contributed by atoms with Crippen LogP contribution < -0.4 is 5.32 Å². The molecule has 0 aromatic carbocycles. The predicted octanol–water partition coefficient (Wildman–Crippen LogP) is 20.2. The first-order valence-electron chi connectivity index (χ1n) is 32.4. The van der Waals surface area contributed by atoms with Crippen LogP contribution in [0, 0.1) is 0 Å². The van der Waals surface area contributed by atoms with Crippen molar-refractivity contribution in [3.63, 3.8) is 0 Å². The van der Waals surface area contributed by atoms with Crippen molar-refractivity contribution in [1.29, 1.82) is 0 Å². The van der Waals surface area contributed by atoms with Gasteiger partial charge in [-0.1, -0.05) is 247 Å². The van der Waals surface area contributed by atoms with Gasteiger partial charge in [-0.3, -0.25) is 18.6 Å². The Labute approximate surface area is 482 Å². The van der Waals surface area contributed by atoms with Crippen molar-refractivity contribution in [2.24, 2.45) is 0 Å². The summed E-state index contributed by atoms with van der Waals surface area (Å²) in [6, 6.07) is -0.863. The van der Waals surface area contributed by atoms with E-state index in [4.69, 9.17) is 13.8 Å². The van der Waals surface area contributed by atoms with Gasteiger partial charge in [0.2, 0.25) is 5.91 Å². The average molecular weight is 1110 g/mol. The van der Waals surface area contributed by atoms with Crippen molar-refractivity contribution in [3.05, 3.63) is 85.1 Å². The molecule has 0 spiro atoms. The molecule has 0 heterocycles. The molecule has 0 aromatic rings. The molecule has 3 atom stereocenters. The average Bonchev–Trinajstić information content (AvgIpc) is 3.40. The Morgan fingerprint density at radius 2 is 0.782 bits per heavy atom. The Balaban J connectivity index is 5.25. The van der Waals surface area contributed by atoms with E-state index in [0.717, 1.165) is 109 Å². The highest BCUT2D eigenvalue weighted by atomic mass is 31.2. The number of rotatable bonds is 58. The maximum atomic E-state index is 13.6. The summed E-state index contributed by atoms with van der Waals surface area (Å²) >= 11 is 0. The Morgan fingerprint density at radius 3 is 1.19 bits per heavy atom. The van der Waals surface area contributed by atoms with Crippen LogP contribution in [0.1, 0.15) is 284 Å². The van der Waals surface area contributed by atoms with E-state index in [1.807, 2.05) is 33.3 Å². The van der Waals surface area contributed by atoms with Crippen molar-refractivity contribution >= 4 is 19.7 Å². The summed E-state index contributed by atoms with van der Waals surface area (Å²) in [6.07, 6.45) is 75.7. The molecule has 0 aliphatic heterocycles. The third-order valence-electron chi connectivity index (χ3n) is 14.1. The second-order valence-corrected chi connectivity index (χ2v) is 24.4. The van der Waals surface area contributed by atoms with Crippen LogP contribution in [0.15, 0.2) is 85.1 Å². The number of carbonyl (C=O) groups excluding carboxylic acids is 2. The monoisotopic (exact) mass is 1110 g/mol. The highest BCUT2D eigenvalue weighted by molar-refractivity contribution is 7.47. The van der Waals surface area contributed by atoms with Crippen LogP contribution in [0.2, 0.25) is 0 Å². The number of ether oxygens (including phenoxy) is 1. The number of carbonyl (C=O) groups is 2. The lowest BCUT2D eigenvalue weighted by atomic mass is 10.0. The molecule has 0 aliphatic carbocycles. The maximum Gasteiger partial charge on any atom is 0.472 e. The number of hydrogen-bond acceptors (Lipinski definition) is 6.